The number of nitrogens with zero attached hydrogens (tertiary/aromatic N) is 4. The monoisotopic (exact) mass is 578 g/mol. The summed E-state index contributed by atoms with van der Waals surface area (Å²) in [5, 5.41) is 5.71. The third kappa shape index (κ3) is 10.1. The van der Waals surface area contributed by atoms with E-state index in [9.17, 15) is 28.0 Å². The van der Waals surface area contributed by atoms with Gasteiger partial charge in [0.2, 0.25) is 5.91 Å². The standard InChI is InChI=1S/C18H25F2N5O3.C6H5NO.C3H6O2/c1-21-9-13-11-25(18(27)28-13)12-7-14(19)17(15(20)8-12)24-5-3-23(4-6-24)16(26)10-22-2;8-5-6-1-3-7-4-2-6;1-2-5-3-4/h7-8,13,21-22H,3-6,9-11H2,1-2H3;1-5H;3H,2H2,1H3. The Labute approximate surface area is 237 Å². The van der Waals surface area contributed by atoms with Crippen molar-refractivity contribution < 1.29 is 37.4 Å². The summed E-state index contributed by atoms with van der Waals surface area (Å²) in [6.07, 6.45) is 2.98. The third-order valence-electron chi connectivity index (χ3n) is 5.97. The predicted octanol–water partition coefficient (Wildman–Crippen LogP) is 1.45. The summed E-state index contributed by atoms with van der Waals surface area (Å²) in [7, 11) is 3.42. The Bertz CT molecular complexity index is 1110. The van der Waals surface area contributed by atoms with E-state index in [1.165, 1.54) is 4.90 Å². The second-order valence-corrected chi connectivity index (χ2v) is 8.78. The van der Waals surface area contributed by atoms with Gasteiger partial charge in [-0.2, -0.15) is 0 Å². The molecule has 0 aliphatic carbocycles. The van der Waals surface area contributed by atoms with Gasteiger partial charge in [-0.25, -0.2) is 13.6 Å². The average Bonchev–Trinajstić information content (AvgIpc) is 3.34. The number of amides is 2. The van der Waals surface area contributed by atoms with Crippen molar-refractivity contribution in [1.82, 2.24) is 20.5 Å². The Hall–Kier alpha value is -4.17. The Balaban J connectivity index is 0.000000373. The number of likely N-dealkylation sites (N-methyl/N-ethyl adjacent to an activating group) is 2. The Kier molecular flexibility index (Phi) is 14.1. The van der Waals surface area contributed by atoms with Gasteiger partial charge < -0.3 is 29.9 Å². The molecule has 2 amide bonds. The molecule has 1 atom stereocenters. The molecule has 224 valence electrons. The van der Waals surface area contributed by atoms with Crippen molar-refractivity contribution in [3.8, 4) is 0 Å². The summed E-state index contributed by atoms with van der Waals surface area (Å²) in [4.78, 5) is 51.3. The number of pyridine rings is 1. The molecule has 2 fully saturated rings. The van der Waals surface area contributed by atoms with Crippen LogP contribution in [0.15, 0.2) is 36.7 Å². The fourth-order valence-electron chi connectivity index (χ4n) is 4.03. The number of benzene rings is 1. The van der Waals surface area contributed by atoms with Gasteiger partial charge in [-0.15, -0.1) is 0 Å². The van der Waals surface area contributed by atoms with Crippen molar-refractivity contribution >= 4 is 36.1 Å². The van der Waals surface area contributed by atoms with Gasteiger partial charge >= 0.3 is 6.09 Å². The number of carbonyl (C=O) groups is 4. The van der Waals surface area contributed by atoms with Crippen molar-refractivity contribution in [2.45, 2.75) is 13.0 Å². The van der Waals surface area contributed by atoms with Gasteiger partial charge in [0.1, 0.15) is 18.1 Å². The molecule has 1 aromatic carbocycles. The highest BCUT2D eigenvalue weighted by molar-refractivity contribution is 5.90. The van der Waals surface area contributed by atoms with Crippen LogP contribution in [-0.4, -0.2) is 107 Å². The fourth-order valence-corrected chi connectivity index (χ4v) is 4.03. The minimum Gasteiger partial charge on any atom is -0.468 e. The van der Waals surface area contributed by atoms with E-state index in [2.05, 4.69) is 20.4 Å². The molecule has 2 aromatic rings. The highest BCUT2D eigenvalue weighted by Gasteiger charge is 2.33. The maximum atomic E-state index is 14.7. The van der Waals surface area contributed by atoms with Crippen LogP contribution in [0.1, 0.15) is 17.3 Å². The summed E-state index contributed by atoms with van der Waals surface area (Å²) >= 11 is 0. The second kappa shape index (κ2) is 17.5. The van der Waals surface area contributed by atoms with E-state index < -0.39 is 17.7 Å². The molecule has 0 spiro atoms. The molecule has 12 nitrogen and oxygen atoms in total. The van der Waals surface area contributed by atoms with E-state index in [1.807, 2.05) is 0 Å². The minimum atomic E-state index is -0.741. The number of carbonyl (C=O) groups excluding carboxylic acids is 4. The lowest BCUT2D eigenvalue weighted by Crippen LogP contribution is -2.51. The molecule has 2 aliphatic heterocycles. The first kappa shape index (κ1) is 33.0. The zero-order valence-electron chi connectivity index (χ0n) is 23.3. The van der Waals surface area contributed by atoms with Crippen LogP contribution in [-0.2, 0) is 19.1 Å². The maximum absolute atomic E-state index is 14.7. The molecule has 2 saturated heterocycles. The molecule has 2 N–H and O–H groups in total. The van der Waals surface area contributed by atoms with Crippen LogP contribution in [0.4, 0.5) is 25.0 Å². The van der Waals surface area contributed by atoms with Gasteiger partial charge in [-0.1, -0.05) is 0 Å². The van der Waals surface area contributed by atoms with E-state index in [0.29, 0.717) is 51.4 Å². The lowest BCUT2D eigenvalue weighted by molar-refractivity contribution is -0.130. The first-order chi connectivity index (χ1) is 19.8. The van der Waals surface area contributed by atoms with E-state index in [1.54, 1.807) is 55.3 Å². The van der Waals surface area contributed by atoms with E-state index in [0.717, 1.165) is 18.4 Å². The van der Waals surface area contributed by atoms with Gasteiger partial charge in [0.05, 0.1) is 25.4 Å². The normalized spacial score (nSPS) is 16.1. The summed E-state index contributed by atoms with van der Waals surface area (Å²) in [5.74, 6) is -1.52. The first-order valence-electron chi connectivity index (χ1n) is 13.0. The van der Waals surface area contributed by atoms with Crippen molar-refractivity contribution in [2.24, 2.45) is 0 Å². The summed E-state index contributed by atoms with van der Waals surface area (Å²) in [5.41, 5.74) is 0.661. The SMILES string of the molecule is CCOC=O.CNCC(=O)N1CCN(c2c(F)cc(N3CC(CNC)OC3=O)cc2F)CC1.O=Cc1ccncc1. The van der Waals surface area contributed by atoms with Crippen molar-refractivity contribution in [3.05, 3.63) is 53.9 Å². The highest BCUT2D eigenvalue weighted by atomic mass is 19.1. The predicted molar refractivity (Wildman–Crippen MR) is 148 cm³/mol. The number of aldehydes is 1. The summed E-state index contributed by atoms with van der Waals surface area (Å²) in [6, 6.07) is 5.62. The Morgan fingerprint density at radius 1 is 1.10 bits per heavy atom. The number of ether oxygens (including phenoxy) is 2. The molecule has 41 heavy (non-hydrogen) atoms. The molecule has 2 aliphatic rings. The van der Waals surface area contributed by atoms with Gasteiger partial charge in [-0.3, -0.25) is 24.3 Å². The van der Waals surface area contributed by atoms with Gasteiger partial charge in [0.15, 0.2) is 11.6 Å². The van der Waals surface area contributed by atoms with Crippen LogP contribution in [0, 0.1) is 11.6 Å². The third-order valence-corrected chi connectivity index (χ3v) is 5.97. The minimum absolute atomic E-state index is 0.0397. The lowest BCUT2D eigenvalue weighted by Gasteiger charge is -2.36. The summed E-state index contributed by atoms with van der Waals surface area (Å²) in [6.45, 7) is 5.04. The van der Waals surface area contributed by atoms with E-state index in [-0.39, 0.29) is 36.5 Å². The number of piperazine rings is 1. The van der Waals surface area contributed by atoms with Crippen LogP contribution < -0.4 is 20.4 Å². The molecule has 3 heterocycles. The number of halogens is 2. The lowest BCUT2D eigenvalue weighted by atomic mass is 10.2. The molecular weight excluding hydrogens is 542 g/mol. The van der Waals surface area contributed by atoms with Gasteiger partial charge in [0.25, 0.3) is 6.47 Å². The smallest absolute Gasteiger partial charge is 0.414 e. The molecular formula is C27H36F2N6O6. The average molecular weight is 579 g/mol. The number of hydrogen-bond donors (Lipinski definition) is 2. The number of hydrogen-bond acceptors (Lipinski definition) is 10. The van der Waals surface area contributed by atoms with Crippen LogP contribution >= 0.6 is 0 Å². The number of aromatic nitrogens is 1. The summed E-state index contributed by atoms with van der Waals surface area (Å²) < 4.78 is 38.8. The van der Waals surface area contributed by atoms with Crippen LogP contribution in [0.25, 0.3) is 0 Å². The molecule has 1 aromatic heterocycles. The van der Waals surface area contributed by atoms with E-state index >= 15 is 0 Å². The quantitative estimate of drug-likeness (QED) is 0.421. The number of rotatable bonds is 9. The molecule has 0 radical (unpaired) electrons. The zero-order valence-corrected chi connectivity index (χ0v) is 23.3. The van der Waals surface area contributed by atoms with E-state index in [4.69, 9.17) is 4.74 Å². The molecule has 1 unspecified atom stereocenters. The largest absolute Gasteiger partial charge is 0.468 e. The van der Waals surface area contributed by atoms with Crippen LogP contribution in [0.5, 0.6) is 0 Å². The molecule has 0 bridgehead atoms. The Morgan fingerprint density at radius 3 is 2.20 bits per heavy atom. The van der Waals surface area contributed by atoms with Crippen molar-refractivity contribution in [1.29, 1.82) is 0 Å². The van der Waals surface area contributed by atoms with Crippen LogP contribution in [0.2, 0.25) is 0 Å². The molecule has 0 saturated carbocycles. The number of anilines is 2. The van der Waals surface area contributed by atoms with Crippen LogP contribution in [0.3, 0.4) is 0 Å². The topological polar surface area (TPSA) is 133 Å². The molecule has 14 heteroatoms. The Morgan fingerprint density at radius 2 is 1.73 bits per heavy atom. The van der Waals surface area contributed by atoms with Crippen molar-refractivity contribution in [3.63, 3.8) is 0 Å². The zero-order chi connectivity index (χ0) is 30.2. The number of nitrogens with one attached hydrogen (secondary N) is 2. The van der Waals surface area contributed by atoms with Crippen molar-refractivity contribution in [2.75, 3.05) is 76.3 Å². The van der Waals surface area contributed by atoms with Gasteiger partial charge in [0, 0.05) is 62.8 Å². The van der Waals surface area contributed by atoms with Gasteiger partial charge in [-0.05, 0) is 33.2 Å². The number of cyclic esters (lactones) is 1. The highest BCUT2D eigenvalue weighted by Crippen LogP contribution is 2.31. The molecule has 4 rings (SSSR count). The fraction of sp³-hybridized carbons (Fsp3) is 0.444. The second-order valence-electron chi connectivity index (χ2n) is 8.78. The first-order valence-corrected chi connectivity index (χ1v) is 13.0. The maximum Gasteiger partial charge on any atom is 0.414 e.